The standard InChI is InChI=1S/C22H22F2N6O5.2H2/c23-15-9-13(29-12-14(11-25)34-22(29)32)10-16(24)19(15)28-5-6-30(33-8-7-28)21(31)27-20-26-17-3-1-2-4-18(17)35-20;;/h1-4,9-10,14H,5-8,11-12,25H2,(H,26,27,31);2*1H/t14-;;/m0../s1. The summed E-state index contributed by atoms with van der Waals surface area (Å²) < 4.78 is 40.5. The molecule has 3 N–H and O–H groups in total. The molecule has 0 spiro atoms. The van der Waals surface area contributed by atoms with E-state index in [1.54, 1.807) is 24.3 Å². The third-order valence-corrected chi connectivity index (χ3v) is 5.68. The molecule has 188 valence electrons. The van der Waals surface area contributed by atoms with Crippen molar-refractivity contribution in [3.8, 4) is 0 Å². The van der Waals surface area contributed by atoms with Gasteiger partial charge in [-0.15, -0.1) is 0 Å². The minimum absolute atomic E-state index is 0. The van der Waals surface area contributed by atoms with Gasteiger partial charge >= 0.3 is 18.1 Å². The lowest BCUT2D eigenvalue weighted by Crippen LogP contribution is -2.37. The van der Waals surface area contributed by atoms with Gasteiger partial charge in [-0.1, -0.05) is 12.1 Å². The maximum absolute atomic E-state index is 15.0. The Kier molecular flexibility index (Phi) is 6.09. The molecule has 3 aromatic rings. The summed E-state index contributed by atoms with van der Waals surface area (Å²) in [4.78, 5) is 36.8. The molecule has 3 heterocycles. The van der Waals surface area contributed by atoms with E-state index in [-0.39, 0.29) is 59.6 Å². The number of carbonyl (C=O) groups is 2. The van der Waals surface area contributed by atoms with Crippen LogP contribution in [0, 0.1) is 11.6 Å². The van der Waals surface area contributed by atoms with Crippen molar-refractivity contribution in [2.75, 3.05) is 54.4 Å². The number of halogens is 2. The largest absolute Gasteiger partial charge is 0.443 e. The molecule has 5 rings (SSSR count). The van der Waals surface area contributed by atoms with Gasteiger partial charge < -0.3 is 19.8 Å². The molecular weight excluding hydrogens is 466 g/mol. The number of nitrogens with two attached hydrogens (primary N) is 1. The van der Waals surface area contributed by atoms with E-state index >= 15 is 0 Å². The molecule has 2 aromatic carbocycles. The molecule has 0 radical (unpaired) electrons. The summed E-state index contributed by atoms with van der Waals surface area (Å²) in [5, 5.41) is 3.56. The van der Waals surface area contributed by atoms with Crippen LogP contribution in [0.5, 0.6) is 0 Å². The molecule has 2 fully saturated rings. The molecule has 1 atom stereocenters. The van der Waals surface area contributed by atoms with Crippen LogP contribution in [-0.2, 0) is 9.57 Å². The topological polar surface area (TPSA) is 126 Å². The van der Waals surface area contributed by atoms with Gasteiger partial charge in [0.05, 0.1) is 25.4 Å². The number of anilines is 3. The van der Waals surface area contributed by atoms with Crippen molar-refractivity contribution in [1.82, 2.24) is 10.0 Å². The van der Waals surface area contributed by atoms with Crippen LogP contribution < -0.4 is 20.9 Å². The third-order valence-electron chi connectivity index (χ3n) is 5.68. The number of fused-ring (bicyclic) bond motifs is 1. The summed E-state index contributed by atoms with van der Waals surface area (Å²) >= 11 is 0. The number of ether oxygens (including phenoxy) is 1. The molecule has 13 heteroatoms. The monoisotopic (exact) mass is 492 g/mol. The quantitative estimate of drug-likeness (QED) is 0.569. The first-order valence-corrected chi connectivity index (χ1v) is 10.9. The van der Waals surface area contributed by atoms with Gasteiger partial charge in [-0.2, -0.15) is 4.98 Å². The average Bonchev–Trinajstić information content (AvgIpc) is 3.33. The molecule has 11 nitrogen and oxygen atoms in total. The van der Waals surface area contributed by atoms with Crippen LogP contribution in [0.1, 0.15) is 2.85 Å². The first-order valence-electron chi connectivity index (χ1n) is 10.9. The van der Waals surface area contributed by atoms with Gasteiger partial charge in [-0.05, 0) is 12.1 Å². The maximum Gasteiger partial charge on any atom is 0.414 e. The van der Waals surface area contributed by atoms with E-state index < -0.39 is 29.9 Å². The van der Waals surface area contributed by atoms with Crippen molar-refractivity contribution >= 4 is 40.6 Å². The molecule has 3 amide bonds. The predicted octanol–water partition coefficient (Wildman–Crippen LogP) is 3.17. The summed E-state index contributed by atoms with van der Waals surface area (Å²) in [6.45, 7) is 0.447. The third kappa shape index (κ3) is 4.55. The Hall–Kier alpha value is -3.97. The lowest BCUT2D eigenvalue weighted by molar-refractivity contribution is -0.100. The zero-order valence-corrected chi connectivity index (χ0v) is 18.4. The van der Waals surface area contributed by atoms with Gasteiger partial charge in [0.1, 0.15) is 17.3 Å². The first-order chi connectivity index (χ1) is 16.9. The van der Waals surface area contributed by atoms with Crippen LogP contribution >= 0.6 is 0 Å². The minimum atomic E-state index is -0.853. The number of nitrogens with one attached hydrogen (secondary N) is 1. The summed E-state index contributed by atoms with van der Waals surface area (Å²) in [6.07, 6.45) is -1.25. The number of para-hydroxylation sites is 2. The highest BCUT2D eigenvalue weighted by molar-refractivity contribution is 5.90. The Morgan fingerprint density at radius 1 is 1.20 bits per heavy atom. The number of aromatic nitrogens is 1. The van der Waals surface area contributed by atoms with Gasteiger partial charge in [0.15, 0.2) is 17.2 Å². The summed E-state index contributed by atoms with van der Waals surface area (Å²) in [5.74, 6) is -1.71. The fraction of sp³-hybridized carbons (Fsp3) is 0.318. The number of amides is 3. The first kappa shape index (κ1) is 22.8. The van der Waals surface area contributed by atoms with Gasteiger partial charge in [-0.3, -0.25) is 15.1 Å². The Balaban J connectivity index is 0.00000190. The van der Waals surface area contributed by atoms with Crippen molar-refractivity contribution in [2.45, 2.75) is 6.10 Å². The van der Waals surface area contributed by atoms with Crippen molar-refractivity contribution in [1.29, 1.82) is 0 Å². The second-order valence-corrected chi connectivity index (χ2v) is 7.95. The van der Waals surface area contributed by atoms with Crippen molar-refractivity contribution in [2.24, 2.45) is 5.73 Å². The number of hydroxylamine groups is 2. The smallest absolute Gasteiger partial charge is 0.414 e. The van der Waals surface area contributed by atoms with E-state index in [0.717, 1.165) is 22.1 Å². The van der Waals surface area contributed by atoms with Crippen LogP contribution in [0.15, 0.2) is 40.8 Å². The molecular formula is C22H26F2N6O5. The lowest BCUT2D eigenvalue weighted by atomic mass is 10.2. The Bertz CT molecular complexity index is 1230. The zero-order chi connectivity index (χ0) is 24.5. The molecule has 0 unspecified atom stereocenters. The molecule has 0 bridgehead atoms. The summed E-state index contributed by atoms with van der Waals surface area (Å²) in [5.41, 5.74) is 6.37. The molecule has 2 aliphatic rings. The number of hydrogen-bond acceptors (Lipinski definition) is 8. The summed E-state index contributed by atoms with van der Waals surface area (Å²) in [7, 11) is 0. The van der Waals surface area contributed by atoms with E-state index in [0.29, 0.717) is 11.1 Å². The number of urea groups is 1. The van der Waals surface area contributed by atoms with Gasteiger partial charge in [0, 0.05) is 34.6 Å². The SMILES string of the molecule is NC[C@H]1CN(c2cc(F)c(N3CCON(C(=O)Nc4nc5ccccc5o4)CC3)c(F)c2)C(=O)O1.[HH].[HH]. The predicted molar refractivity (Wildman–Crippen MR) is 125 cm³/mol. The van der Waals surface area contributed by atoms with Gasteiger partial charge in [-0.25, -0.2) is 23.4 Å². The molecule has 0 saturated carbocycles. The Morgan fingerprint density at radius 2 is 1.97 bits per heavy atom. The van der Waals surface area contributed by atoms with E-state index in [1.807, 2.05) is 0 Å². The van der Waals surface area contributed by atoms with E-state index in [4.69, 9.17) is 19.7 Å². The number of oxazole rings is 1. The Labute approximate surface area is 200 Å². The number of nitrogens with zero attached hydrogens (tertiary/aromatic N) is 4. The van der Waals surface area contributed by atoms with Crippen LogP contribution in [-0.4, -0.2) is 67.6 Å². The second kappa shape index (κ2) is 9.35. The molecule has 2 aliphatic heterocycles. The zero-order valence-electron chi connectivity index (χ0n) is 18.4. The number of hydrogen-bond donors (Lipinski definition) is 2. The highest BCUT2D eigenvalue weighted by atomic mass is 19.1. The summed E-state index contributed by atoms with van der Waals surface area (Å²) in [6, 6.07) is 8.56. The molecule has 1 aromatic heterocycles. The van der Waals surface area contributed by atoms with E-state index in [9.17, 15) is 18.4 Å². The fourth-order valence-electron chi connectivity index (χ4n) is 3.98. The van der Waals surface area contributed by atoms with Crippen molar-refractivity contribution in [3.05, 3.63) is 48.0 Å². The average molecular weight is 492 g/mol. The molecule has 2 saturated heterocycles. The molecule has 35 heavy (non-hydrogen) atoms. The second-order valence-electron chi connectivity index (χ2n) is 7.95. The maximum atomic E-state index is 15.0. The van der Waals surface area contributed by atoms with E-state index in [2.05, 4.69) is 10.3 Å². The number of rotatable bonds is 4. The van der Waals surface area contributed by atoms with E-state index in [1.165, 1.54) is 4.90 Å². The van der Waals surface area contributed by atoms with Crippen LogP contribution in [0.25, 0.3) is 11.1 Å². The van der Waals surface area contributed by atoms with Gasteiger partial charge in [0.25, 0.3) is 0 Å². The lowest BCUT2D eigenvalue weighted by Gasteiger charge is -2.24. The van der Waals surface area contributed by atoms with Crippen LogP contribution in [0.3, 0.4) is 0 Å². The minimum Gasteiger partial charge on any atom is -0.443 e. The highest BCUT2D eigenvalue weighted by Gasteiger charge is 2.33. The number of benzene rings is 2. The number of carbonyl (C=O) groups excluding carboxylic acids is 2. The fourth-order valence-corrected chi connectivity index (χ4v) is 3.98. The number of cyclic esters (lactones) is 1. The van der Waals surface area contributed by atoms with Crippen molar-refractivity contribution in [3.63, 3.8) is 0 Å². The van der Waals surface area contributed by atoms with Gasteiger partial charge in [0.2, 0.25) is 0 Å². The molecule has 0 aliphatic carbocycles. The van der Waals surface area contributed by atoms with Crippen molar-refractivity contribution < 1.29 is 35.2 Å². The highest BCUT2D eigenvalue weighted by Crippen LogP contribution is 2.31. The van der Waals surface area contributed by atoms with Crippen LogP contribution in [0.2, 0.25) is 0 Å². The van der Waals surface area contributed by atoms with Crippen LogP contribution in [0.4, 0.5) is 35.8 Å². The normalized spacial score (nSPS) is 18.7. The Morgan fingerprint density at radius 3 is 2.69 bits per heavy atom.